The van der Waals surface area contributed by atoms with Crippen molar-refractivity contribution in [2.24, 2.45) is 0 Å². The standard InChI is InChI=1S/C14H20N2O2S/c1-19-13-5-3-2-4-12(13)10-15-14(17)11-16-6-8-18-9-7-16/h2-5H,6-11H2,1H3,(H,15,17). The van der Waals surface area contributed by atoms with Crippen molar-refractivity contribution in [3.8, 4) is 0 Å². The Morgan fingerprint density at radius 2 is 2.11 bits per heavy atom. The van der Waals surface area contributed by atoms with Crippen molar-refractivity contribution < 1.29 is 9.53 Å². The minimum absolute atomic E-state index is 0.0813. The van der Waals surface area contributed by atoms with Crippen LogP contribution < -0.4 is 5.32 Å². The second-order valence-corrected chi connectivity index (χ2v) is 5.33. The molecule has 104 valence electrons. The minimum atomic E-state index is 0.0813. The average Bonchev–Trinajstić information content (AvgIpc) is 2.46. The minimum Gasteiger partial charge on any atom is -0.379 e. The molecule has 0 bridgehead atoms. The molecule has 1 aromatic carbocycles. The highest BCUT2D eigenvalue weighted by molar-refractivity contribution is 7.98. The fraction of sp³-hybridized carbons (Fsp3) is 0.500. The molecule has 5 heteroatoms. The first-order valence-electron chi connectivity index (χ1n) is 6.48. The number of carbonyl (C=O) groups excluding carboxylic acids is 1. The van der Waals surface area contributed by atoms with Crippen LogP contribution in [0.4, 0.5) is 0 Å². The van der Waals surface area contributed by atoms with Crippen molar-refractivity contribution >= 4 is 17.7 Å². The lowest BCUT2D eigenvalue weighted by Crippen LogP contribution is -2.43. The molecule has 19 heavy (non-hydrogen) atoms. The fourth-order valence-corrected chi connectivity index (χ4v) is 2.68. The Labute approximate surface area is 118 Å². The summed E-state index contributed by atoms with van der Waals surface area (Å²) in [6.07, 6.45) is 2.05. The number of morpholine rings is 1. The molecular weight excluding hydrogens is 260 g/mol. The van der Waals surface area contributed by atoms with Crippen molar-refractivity contribution in [3.05, 3.63) is 29.8 Å². The molecule has 0 saturated carbocycles. The van der Waals surface area contributed by atoms with E-state index in [9.17, 15) is 4.79 Å². The number of hydrogen-bond donors (Lipinski definition) is 1. The van der Waals surface area contributed by atoms with Gasteiger partial charge in [0.15, 0.2) is 0 Å². The van der Waals surface area contributed by atoms with Crippen LogP contribution in [0.15, 0.2) is 29.2 Å². The van der Waals surface area contributed by atoms with Gasteiger partial charge in [0.05, 0.1) is 19.8 Å². The molecule has 2 rings (SSSR count). The Kier molecular flexibility index (Phi) is 5.69. The van der Waals surface area contributed by atoms with E-state index in [1.807, 2.05) is 18.4 Å². The van der Waals surface area contributed by atoms with Gasteiger partial charge < -0.3 is 10.1 Å². The second-order valence-electron chi connectivity index (χ2n) is 4.48. The van der Waals surface area contributed by atoms with E-state index >= 15 is 0 Å². The SMILES string of the molecule is CSc1ccccc1CNC(=O)CN1CCOCC1. The van der Waals surface area contributed by atoms with E-state index in [0.717, 1.165) is 26.3 Å². The number of rotatable bonds is 5. The van der Waals surface area contributed by atoms with E-state index in [1.165, 1.54) is 10.5 Å². The van der Waals surface area contributed by atoms with Gasteiger partial charge in [-0.1, -0.05) is 18.2 Å². The number of thioether (sulfide) groups is 1. The van der Waals surface area contributed by atoms with Gasteiger partial charge in [-0.15, -0.1) is 11.8 Å². The van der Waals surface area contributed by atoms with Crippen LogP contribution in [0, 0.1) is 0 Å². The van der Waals surface area contributed by atoms with Gasteiger partial charge in [0.1, 0.15) is 0 Å². The third-order valence-corrected chi connectivity index (χ3v) is 3.98. The highest BCUT2D eigenvalue weighted by atomic mass is 32.2. The first kappa shape index (κ1) is 14.4. The first-order chi connectivity index (χ1) is 9.29. The molecule has 1 N–H and O–H groups in total. The largest absolute Gasteiger partial charge is 0.379 e. The van der Waals surface area contributed by atoms with E-state index in [-0.39, 0.29) is 5.91 Å². The summed E-state index contributed by atoms with van der Waals surface area (Å²) < 4.78 is 5.26. The lowest BCUT2D eigenvalue weighted by Gasteiger charge is -2.25. The molecule has 1 heterocycles. The number of nitrogens with one attached hydrogen (secondary N) is 1. The molecule has 0 aromatic heterocycles. The molecule has 1 aliphatic heterocycles. The Balaban J connectivity index is 1.79. The summed E-state index contributed by atoms with van der Waals surface area (Å²) in [6.45, 7) is 4.19. The lowest BCUT2D eigenvalue weighted by molar-refractivity contribution is -0.123. The van der Waals surface area contributed by atoms with Crippen LogP contribution in [0.5, 0.6) is 0 Å². The maximum atomic E-state index is 11.9. The van der Waals surface area contributed by atoms with Gasteiger partial charge in [-0.05, 0) is 17.9 Å². The van der Waals surface area contributed by atoms with Crippen LogP contribution in [0.3, 0.4) is 0 Å². The molecule has 0 atom stereocenters. The summed E-state index contributed by atoms with van der Waals surface area (Å²) in [5, 5.41) is 2.99. The van der Waals surface area contributed by atoms with E-state index in [2.05, 4.69) is 22.3 Å². The van der Waals surface area contributed by atoms with Crippen LogP contribution in [-0.4, -0.2) is 49.9 Å². The number of nitrogens with zero attached hydrogens (tertiary/aromatic N) is 1. The van der Waals surface area contributed by atoms with Crippen molar-refractivity contribution in [1.29, 1.82) is 0 Å². The van der Waals surface area contributed by atoms with Crippen molar-refractivity contribution in [1.82, 2.24) is 10.2 Å². The Morgan fingerprint density at radius 1 is 1.37 bits per heavy atom. The van der Waals surface area contributed by atoms with E-state index < -0.39 is 0 Å². The number of benzene rings is 1. The smallest absolute Gasteiger partial charge is 0.234 e. The van der Waals surface area contributed by atoms with Crippen LogP contribution in [-0.2, 0) is 16.1 Å². The van der Waals surface area contributed by atoms with Gasteiger partial charge in [0, 0.05) is 24.5 Å². The quantitative estimate of drug-likeness (QED) is 0.827. The molecule has 0 aliphatic carbocycles. The monoisotopic (exact) mass is 280 g/mol. The topological polar surface area (TPSA) is 41.6 Å². The third-order valence-electron chi connectivity index (χ3n) is 3.14. The molecule has 1 amide bonds. The average molecular weight is 280 g/mol. The number of hydrogen-bond acceptors (Lipinski definition) is 4. The summed E-state index contributed by atoms with van der Waals surface area (Å²) in [7, 11) is 0. The first-order valence-corrected chi connectivity index (χ1v) is 7.71. The lowest BCUT2D eigenvalue weighted by atomic mass is 10.2. The van der Waals surface area contributed by atoms with Gasteiger partial charge in [-0.25, -0.2) is 0 Å². The summed E-state index contributed by atoms with van der Waals surface area (Å²) in [4.78, 5) is 15.2. The van der Waals surface area contributed by atoms with Crippen molar-refractivity contribution in [2.75, 3.05) is 39.1 Å². The van der Waals surface area contributed by atoms with E-state index in [0.29, 0.717) is 13.1 Å². The number of ether oxygens (including phenoxy) is 1. The van der Waals surface area contributed by atoms with Crippen LogP contribution in [0.25, 0.3) is 0 Å². The van der Waals surface area contributed by atoms with Gasteiger partial charge in [0.2, 0.25) is 5.91 Å². The van der Waals surface area contributed by atoms with Gasteiger partial charge in [0.25, 0.3) is 0 Å². The number of carbonyl (C=O) groups is 1. The maximum absolute atomic E-state index is 11.9. The van der Waals surface area contributed by atoms with Crippen LogP contribution in [0.1, 0.15) is 5.56 Å². The van der Waals surface area contributed by atoms with Gasteiger partial charge >= 0.3 is 0 Å². The zero-order valence-corrected chi connectivity index (χ0v) is 12.0. The predicted octanol–water partition coefficient (Wildman–Crippen LogP) is 1.36. The predicted molar refractivity (Wildman–Crippen MR) is 77.3 cm³/mol. The summed E-state index contributed by atoms with van der Waals surface area (Å²) >= 11 is 1.70. The zero-order chi connectivity index (χ0) is 13.5. The highest BCUT2D eigenvalue weighted by Crippen LogP contribution is 2.19. The molecule has 0 spiro atoms. The fourth-order valence-electron chi connectivity index (χ4n) is 2.06. The maximum Gasteiger partial charge on any atom is 0.234 e. The second kappa shape index (κ2) is 7.53. The van der Waals surface area contributed by atoms with Gasteiger partial charge in [-0.3, -0.25) is 9.69 Å². The van der Waals surface area contributed by atoms with Crippen molar-refractivity contribution in [3.63, 3.8) is 0 Å². The molecule has 0 radical (unpaired) electrons. The Morgan fingerprint density at radius 3 is 2.84 bits per heavy atom. The third kappa shape index (κ3) is 4.53. The normalized spacial score (nSPS) is 16.3. The van der Waals surface area contributed by atoms with E-state index in [1.54, 1.807) is 11.8 Å². The summed E-state index contributed by atoms with van der Waals surface area (Å²) in [5.41, 5.74) is 1.17. The molecule has 1 aliphatic rings. The van der Waals surface area contributed by atoms with Crippen molar-refractivity contribution in [2.45, 2.75) is 11.4 Å². The molecule has 1 aromatic rings. The van der Waals surface area contributed by atoms with Crippen LogP contribution >= 0.6 is 11.8 Å². The molecule has 0 unspecified atom stereocenters. The molecule has 1 fully saturated rings. The number of amides is 1. The Bertz CT molecular complexity index is 420. The molecular formula is C14H20N2O2S. The molecule has 1 saturated heterocycles. The highest BCUT2D eigenvalue weighted by Gasteiger charge is 2.13. The summed E-state index contributed by atoms with van der Waals surface area (Å²) in [6, 6.07) is 8.16. The Hall–Kier alpha value is -1.04. The van der Waals surface area contributed by atoms with Gasteiger partial charge in [-0.2, -0.15) is 0 Å². The summed E-state index contributed by atoms with van der Waals surface area (Å²) in [5.74, 6) is 0.0813. The van der Waals surface area contributed by atoms with E-state index in [4.69, 9.17) is 4.74 Å². The zero-order valence-electron chi connectivity index (χ0n) is 11.2. The van der Waals surface area contributed by atoms with Crippen LogP contribution in [0.2, 0.25) is 0 Å². The molecule has 4 nitrogen and oxygen atoms in total.